The Bertz CT molecular complexity index is 898. The third-order valence-corrected chi connectivity index (χ3v) is 4.51. The number of aryl methyl sites for hydroxylation is 1. The Kier molecular flexibility index (Phi) is 3.79. The van der Waals surface area contributed by atoms with Crippen molar-refractivity contribution in [1.82, 2.24) is 8.54 Å². The number of aliphatic hydroxyl groups is 1. The van der Waals surface area contributed by atoms with Crippen LogP contribution in [0.1, 0.15) is 5.56 Å². The van der Waals surface area contributed by atoms with E-state index >= 15 is 0 Å². The molecule has 1 heterocycles. The average molecular weight is 313 g/mol. The standard InChI is InChI=1S/C12H12FN3O4S/c1-8-2-4-9(5-3-8)21(19,20)16-6-10(13)11(14)15(7-17)12(16)18/h2-6,14,17H,7H2,1H3. The van der Waals surface area contributed by atoms with E-state index < -0.39 is 33.7 Å². The summed E-state index contributed by atoms with van der Waals surface area (Å²) in [6, 6.07) is 5.64. The van der Waals surface area contributed by atoms with E-state index in [9.17, 15) is 17.6 Å². The average Bonchev–Trinajstić information content (AvgIpc) is 2.44. The first-order chi connectivity index (χ1) is 9.78. The summed E-state index contributed by atoms with van der Waals surface area (Å²) in [6.07, 6.45) is 0.423. The van der Waals surface area contributed by atoms with Crippen LogP contribution in [0.15, 0.2) is 40.2 Å². The number of aliphatic hydroxyl groups excluding tert-OH is 1. The molecule has 0 fully saturated rings. The number of hydrogen-bond donors (Lipinski definition) is 2. The van der Waals surface area contributed by atoms with Gasteiger partial charge < -0.3 is 5.11 Å². The van der Waals surface area contributed by atoms with Crippen LogP contribution in [0.25, 0.3) is 0 Å². The van der Waals surface area contributed by atoms with Crippen LogP contribution < -0.4 is 11.2 Å². The smallest absolute Gasteiger partial charge is 0.345 e. The Balaban J connectivity index is 2.77. The second-order valence-electron chi connectivity index (χ2n) is 4.29. The van der Waals surface area contributed by atoms with Crippen molar-refractivity contribution in [1.29, 1.82) is 5.41 Å². The first-order valence-corrected chi connectivity index (χ1v) is 7.22. The molecular weight excluding hydrogens is 301 g/mol. The van der Waals surface area contributed by atoms with Crippen LogP contribution in [0, 0.1) is 18.2 Å². The van der Waals surface area contributed by atoms with Crippen molar-refractivity contribution >= 4 is 10.0 Å². The van der Waals surface area contributed by atoms with Crippen molar-refractivity contribution in [2.45, 2.75) is 18.6 Å². The quantitative estimate of drug-likeness (QED) is 0.816. The summed E-state index contributed by atoms with van der Waals surface area (Å²) >= 11 is 0. The maximum Gasteiger partial charge on any atom is 0.345 e. The molecule has 0 radical (unpaired) electrons. The monoisotopic (exact) mass is 313 g/mol. The van der Waals surface area contributed by atoms with Crippen LogP contribution in [-0.2, 0) is 16.8 Å². The fraction of sp³-hybridized carbons (Fsp3) is 0.167. The van der Waals surface area contributed by atoms with E-state index in [1.807, 2.05) is 0 Å². The number of nitrogens with one attached hydrogen (secondary N) is 1. The lowest BCUT2D eigenvalue weighted by Crippen LogP contribution is -2.43. The van der Waals surface area contributed by atoms with Crippen molar-refractivity contribution in [2.75, 3.05) is 0 Å². The lowest BCUT2D eigenvalue weighted by Gasteiger charge is -2.11. The molecule has 0 aliphatic rings. The number of halogens is 1. The molecule has 1 aromatic heterocycles. The molecule has 112 valence electrons. The maximum absolute atomic E-state index is 13.6. The second kappa shape index (κ2) is 5.26. The summed E-state index contributed by atoms with van der Waals surface area (Å²) in [4.78, 5) is 11.8. The Morgan fingerprint density at radius 3 is 2.38 bits per heavy atom. The Morgan fingerprint density at radius 2 is 1.86 bits per heavy atom. The summed E-state index contributed by atoms with van der Waals surface area (Å²) < 4.78 is 38.7. The van der Waals surface area contributed by atoms with Gasteiger partial charge in [-0.3, -0.25) is 9.98 Å². The van der Waals surface area contributed by atoms with E-state index in [1.54, 1.807) is 6.92 Å². The van der Waals surface area contributed by atoms with Crippen LogP contribution in [0.4, 0.5) is 4.39 Å². The number of aromatic nitrogens is 2. The van der Waals surface area contributed by atoms with E-state index in [2.05, 4.69) is 0 Å². The molecular formula is C12H12FN3O4S. The van der Waals surface area contributed by atoms with Gasteiger partial charge in [0.25, 0.3) is 10.0 Å². The molecule has 1 aromatic carbocycles. The molecule has 2 rings (SSSR count). The van der Waals surface area contributed by atoms with Crippen molar-refractivity contribution in [3.63, 3.8) is 0 Å². The third-order valence-electron chi connectivity index (χ3n) is 2.87. The van der Waals surface area contributed by atoms with Crippen molar-refractivity contribution in [3.05, 3.63) is 57.8 Å². The van der Waals surface area contributed by atoms with Crippen LogP contribution in [-0.4, -0.2) is 22.1 Å². The molecule has 0 saturated carbocycles. The number of nitrogens with zero attached hydrogens (tertiary/aromatic N) is 2. The molecule has 0 spiro atoms. The van der Waals surface area contributed by atoms with Gasteiger partial charge in [-0.25, -0.2) is 17.6 Å². The van der Waals surface area contributed by atoms with E-state index in [4.69, 9.17) is 10.5 Å². The molecule has 9 heteroatoms. The van der Waals surface area contributed by atoms with Gasteiger partial charge in [0.15, 0.2) is 11.3 Å². The molecule has 0 aliphatic carbocycles. The Labute approximate surface area is 119 Å². The molecule has 21 heavy (non-hydrogen) atoms. The van der Waals surface area contributed by atoms with Gasteiger partial charge in [-0.1, -0.05) is 17.7 Å². The van der Waals surface area contributed by atoms with E-state index in [0.717, 1.165) is 5.56 Å². The summed E-state index contributed by atoms with van der Waals surface area (Å²) in [6.45, 7) is 0.760. The lowest BCUT2D eigenvalue weighted by atomic mass is 10.2. The number of hydrogen-bond acceptors (Lipinski definition) is 5. The highest BCUT2D eigenvalue weighted by Crippen LogP contribution is 2.12. The first-order valence-electron chi connectivity index (χ1n) is 5.78. The Morgan fingerprint density at radius 1 is 1.29 bits per heavy atom. The molecule has 0 bridgehead atoms. The summed E-state index contributed by atoms with van der Waals surface area (Å²) in [5.41, 5.74) is -1.29. The predicted octanol–water partition coefficient (Wildman–Crippen LogP) is -0.236. The van der Waals surface area contributed by atoms with Gasteiger partial charge in [-0.15, -0.1) is 0 Å². The molecule has 0 amide bonds. The lowest BCUT2D eigenvalue weighted by molar-refractivity contribution is 0.194. The fourth-order valence-electron chi connectivity index (χ4n) is 1.69. The summed E-state index contributed by atoms with van der Waals surface area (Å²) in [5.74, 6) is -1.24. The van der Waals surface area contributed by atoms with Gasteiger partial charge in [0.1, 0.15) is 6.73 Å². The zero-order valence-electron chi connectivity index (χ0n) is 10.9. The topological polar surface area (TPSA) is 105 Å². The number of benzene rings is 1. The molecule has 0 unspecified atom stereocenters. The maximum atomic E-state index is 13.6. The summed E-state index contributed by atoms with van der Waals surface area (Å²) in [7, 11) is -4.31. The predicted molar refractivity (Wildman–Crippen MR) is 70.5 cm³/mol. The van der Waals surface area contributed by atoms with Crippen LogP contribution in [0.5, 0.6) is 0 Å². The van der Waals surface area contributed by atoms with Gasteiger partial charge in [0.2, 0.25) is 0 Å². The van der Waals surface area contributed by atoms with Crippen LogP contribution in [0.3, 0.4) is 0 Å². The molecule has 2 N–H and O–H groups in total. The van der Waals surface area contributed by atoms with Gasteiger partial charge in [-0.05, 0) is 19.1 Å². The van der Waals surface area contributed by atoms with E-state index in [-0.39, 0.29) is 8.87 Å². The van der Waals surface area contributed by atoms with Crippen molar-refractivity contribution in [2.24, 2.45) is 0 Å². The molecule has 7 nitrogen and oxygen atoms in total. The van der Waals surface area contributed by atoms with Gasteiger partial charge in [0, 0.05) is 0 Å². The zero-order valence-corrected chi connectivity index (χ0v) is 11.8. The third kappa shape index (κ3) is 2.52. The molecule has 0 saturated heterocycles. The highest BCUT2D eigenvalue weighted by atomic mass is 32.2. The molecule has 2 aromatic rings. The zero-order chi connectivity index (χ0) is 15.8. The second-order valence-corrected chi connectivity index (χ2v) is 6.11. The Hall–Kier alpha value is -2.26. The minimum atomic E-state index is -4.31. The SMILES string of the molecule is Cc1ccc(S(=O)(=O)n2cc(F)c(=N)n(CO)c2=O)cc1. The van der Waals surface area contributed by atoms with Crippen LogP contribution >= 0.6 is 0 Å². The van der Waals surface area contributed by atoms with Gasteiger partial charge in [-0.2, -0.15) is 3.97 Å². The summed E-state index contributed by atoms with van der Waals surface area (Å²) in [5, 5.41) is 16.3. The highest BCUT2D eigenvalue weighted by Gasteiger charge is 2.21. The molecule has 0 atom stereocenters. The van der Waals surface area contributed by atoms with Crippen molar-refractivity contribution < 1.29 is 17.9 Å². The van der Waals surface area contributed by atoms with Gasteiger partial charge in [0.05, 0.1) is 11.1 Å². The van der Waals surface area contributed by atoms with Crippen molar-refractivity contribution in [3.8, 4) is 0 Å². The minimum absolute atomic E-state index is 0.168. The highest BCUT2D eigenvalue weighted by molar-refractivity contribution is 7.90. The first kappa shape index (κ1) is 15.1. The normalized spacial score (nSPS) is 11.6. The minimum Gasteiger partial charge on any atom is -0.376 e. The van der Waals surface area contributed by atoms with E-state index in [1.165, 1.54) is 24.3 Å². The van der Waals surface area contributed by atoms with E-state index in [0.29, 0.717) is 10.8 Å². The fourth-order valence-corrected chi connectivity index (χ4v) is 2.93. The van der Waals surface area contributed by atoms with Crippen LogP contribution in [0.2, 0.25) is 0 Å². The largest absolute Gasteiger partial charge is 0.376 e. The number of rotatable bonds is 3. The molecule has 0 aliphatic heterocycles. The van der Waals surface area contributed by atoms with Gasteiger partial charge >= 0.3 is 5.69 Å².